The molecule has 2 rings (SSSR count). The minimum Gasteiger partial charge on any atom is -0.508 e. The smallest absolute Gasteiger partial charge is 0.408 e. The second-order valence-corrected chi connectivity index (χ2v) is 11.1. The number of nitrogens with one attached hydrogen (secondary N) is 2. The van der Waals surface area contributed by atoms with Gasteiger partial charge in [-0.15, -0.1) is 6.58 Å². The normalized spacial score (nSPS) is 12.7. The highest BCUT2D eigenvalue weighted by Gasteiger charge is 2.36. The molecule has 0 aliphatic rings. The van der Waals surface area contributed by atoms with Crippen LogP contribution < -0.4 is 10.6 Å². The summed E-state index contributed by atoms with van der Waals surface area (Å²) in [6, 6.07) is 10.2. The summed E-state index contributed by atoms with van der Waals surface area (Å²) in [6.07, 6.45) is 3.80. The standard InChI is InChI=1S/C32H45N3O5/c1-8-10-11-18-33-29(37)28(26-17-12-22(3)20-23(26)4)35(19-9-2)30(38)27(34-31(39)40-32(5,6)7)21-24-13-15-25(36)16-14-24/h9,12-17,20,27-28,36H,2,8,10-11,18-19,21H2,1,3-7H3,(H,33,37)(H,34,39). The maximum atomic E-state index is 14.3. The van der Waals surface area contributed by atoms with Crippen molar-refractivity contribution in [1.29, 1.82) is 0 Å². The zero-order valence-corrected chi connectivity index (χ0v) is 24.8. The van der Waals surface area contributed by atoms with Crippen molar-refractivity contribution in [2.45, 2.75) is 84.9 Å². The van der Waals surface area contributed by atoms with Crippen molar-refractivity contribution in [3.05, 3.63) is 77.4 Å². The van der Waals surface area contributed by atoms with Crippen molar-refractivity contribution in [3.8, 4) is 5.75 Å². The van der Waals surface area contributed by atoms with Crippen LogP contribution in [-0.2, 0) is 20.7 Å². The van der Waals surface area contributed by atoms with Crippen LogP contribution in [0.3, 0.4) is 0 Å². The number of amides is 3. The summed E-state index contributed by atoms with van der Waals surface area (Å²) < 4.78 is 5.46. The number of aromatic hydroxyl groups is 1. The minimum absolute atomic E-state index is 0.0846. The number of ether oxygens (including phenoxy) is 1. The van der Waals surface area contributed by atoms with Crippen LogP contribution in [0.2, 0.25) is 0 Å². The molecule has 0 bridgehead atoms. The first-order valence-corrected chi connectivity index (χ1v) is 13.9. The second-order valence-electron chi connectivity index (χ2n) is 11.1. The van der Waals surface area contributed by atoms with Gasteiger partial charge in [-0.1, -0.05) is 61.7 Å². The van der Waals surface area contributed by atoms with E-state index in [0.717, 1.165) is 36.0 Å². The van der Waals surface area contributed by atoms with Gasteiger partial charge in [0.15, 0.2) is 0 Å². The Morgan fingerprint density at radius 2 is 1.75 bits per heavy atom. The van der Waals surface area contributed by atoms with E-state index in [9.17, 15) is 19.5 Å². The van der Waals surface area contributed by atoms with Crippen LogP contribution in [0.1, 0.15) is 75.3 Å². The fraction of sp³-hybridized carbons (Fsp3) is 0.469. The monoisotopic (exact) mass is 551 g/mol. The molecule has 2 aromatic carbocycles. The fourth-order valence-corrected chi connectivity index (χ4v) is 4.45. The number of nitrogens with zero attached hydrogens (tertiary/aromatic N) is 1. The van der Waals surface area contributed by atoms with Crippen LogP contribution in [0, 0.1) is 13.8 Å². The summed E-state index contributed by atoms with van der Waals surface area (Å²) in [5.41, 5.74) is 2.58. The number of aryl methyl sites for hydroxylation is 2. The average molecular weight is 552 g/mol. The van der Waals surface area contributed by atoms with Crippen LogP contribution in [0.5, 0.6) is 5.75 Å². The number of hydrogen-bond acceptors (Lipinski definition) is 5. The first kappa shape index (κ1) is 32.4. The van der Waals surface area contributed by atoms with Crippen LogP contribution in [0.4, 0.5) is 4.79 Å². The number of phenolic OH excluding ortho intramolecular Hbond substituents is 1. The molecule has 3 N–H and O–H groups in total. The molecule has 40 heavy (non-hydrogen) atoms. The third-order valence-corrected chi connectivity index (χ3v) is 6.33. The Labute approximate surface area is 238 Å². The van der Waals surface area contributed by atoms with Gasteiger partial charge in [-0.05, 0) is 69.9 Å². The molecule has 2 aromatic rings. The van der Waals surface area contributed by atoms with Crippen molar-refractivity contribution < 1.29 is 24.2 Å². The second kappa shape index (κ2) is 15.1. The van der Waals surface area contributed by atoms with Crippen molar-refractivity contribution in [2.24, 2.45) is 0 Å². The van der Waals surface area contributed by atoms with Crippen LogP contribution in [-0.4, -0.2) is 52.6 Å². The van der Waals surface area contributed by atoms with Gasteiger partial charge in [-0.2, -0.15) is 0 Å². The lowest BCUT2D eigenvalue weighted by Gasteiger charge is -2.34. The molecular formula is C32H45N3O5. The number of hydrogen-bond donors (Lipinski definition) is 3. The Morgan fingerprint density at radius 1 is 1.07 bits per heavy atom. The molecule has 218 valence electrons. The summed E-state index contributed by atoms with van der Waals surface area (Å²) in [4.78, 5) is 42.3. The van der Waals surface area contributed by atoms with E-state index in [4.69, 9.17) is 4.74 Å². The lowest BCUT2D eigenvalue weighted by Crippen LogP contribution is -2.54. The predicted octanol–water partition coefficient (Wildman–Crippen LogP) is 5.51. The number of phenols is 1. The van der Waals surface area contributed by atoms with E-state index in [-0.39, 0.29) is 24.6 Å². The maximum Gasteiger partial charge on any atom is 0.408 e. The number of alkyl carbamates (subject to hydrolysis) is 1. The van der Waals surface area contributed by atoms with Gasteiger partial charge in [0.25, 0.3) is 0 Å². The molecule has 0 aliphatic carbocycles. The summed E-state index contributed by atoms with van der Waals surface area (Å²) in [5.74, 6) is -0.652. The molecule has 0 heterocycles. The van der Waals surface area contributed by atoms with E-state index >= 15 is 0 Å². The lowest BCUT2D eigenvalue weighted by atomic mass is 9.95. The molecule has 0 radical (unpaired) electrons. The predicted molar refractivity (Wildman–Crippen MR) is 158 cm³/mol. The largest absolute Gasteiger partial charge is 0.508 e. The number of benzene rings is 2. The third-order valence-electron chi connectivity index (χ3n) is 6.33. The molecule has 2 unspecified atom stereocenters. The Kier molecular flexibility index (Phi) is 12.2. The molecule has 0 fully saturated rings. The first-order valence-electron chi connectivity index (χ1n) is 13.9. The molecule has 0 aromatic heterocycles. The van der Waals surface area contributed by atoms with Crippen LogP contribution in [0.25, 0.3) is 0 Å². The summed E-state index contributed by atoms with van der Waals surface area (Å²) in [5, 5.41) is 15.5. The fourth-order valence-electron chi connectivity index (χ4n) is 4.45. The van der Waals surface area contributed by atoms with Gasteiger partial charge in [-0.25, -0.2) is 4.79 Å². The summed E-state index contributed by atoms with van der Waals surface area (Å²) >= 11 is 0. The minimum atomic E-state index is -1.04. The highest BCUT2D eigenvalue weighted by molar-refractivity contribution is 5.92. The molecule has 0 saturated heterocycles. The molecule has 3 amide bonds. The lowest BCUT2D eigenvalue weighted by molar-refractivity contribution is -0.141. The SMILES string of the molecule is C=CCN(C(=O)C(Cc1ccc(O)cc1)NC(=O)OC(C)(C)C)C(C(=O)NCCCCC)c1ccc(C)cc1C. The Hall–Kier alpha value is -3.81. The zero-order chi connectivity index (χ0) is 29.9. The Balaban J connectivity index is 2.52. The third kappa shape index (κ3) is 10.1. The van der Waals surface area contributed by atoms with E-state index in [1.54, 1.807) is 39.0 Å². The van der Waals surface area contributed by atoms with Gasteiger partial charge in [-0.3, -0.25) is 9.59 Å². The molecule has 0 spiro atoms. The van der Waals surface area contributed by atoms with Crippen molar-refractivity contribution in [1.82, 2.24) is 15.5 Å². The molecule has 8 heteroatoms. The highest BCUT2D eigenvalue weighted by Crippen LogP contribution is 2.27. The van der Waals surface area contributed by atoms with E-state index < -0.39 is 29.7 Å². The molecular weight excluding hydrogens is 506 g/mol. The van der Waals surface area contributed by atoms with E-state index in [1.807, 2.05) is 32.0 Å². The van der Waals surface area contributed by atoms with Gasteiger partial charge in [0, 0.05) is 19.5 Å². The maximum absolute atomic E-state index is 14.3. The number of carbonyl (C=O) groups excluding carboxylic acids is 3. The van der Waals surface area contributed by atoms with Crippen LogP contribution in [0.15, 0.2) is 55.1 Å². The quantitative estimate of drug-likeness (QED) is 0.225. The van der Waals surface area contributed by atoms with Crippen molar-refractivity contribution in [2.75, 3.05) is 13.1 Å². The summed E-state index contributed by atoms with van der Waals surface area (Å²) in [6.45, 7) is 15.6. The average Bonchev–Trinajstić information content (AvgIpc) is 2.87. The van der Waals surface area contributed by atoms with Gasteiger partial charge < -0.3 is 25.4 Å². The Bertz CT molecular complexity index is 1150. The molecule has 0 saturated carbocycles. The van der Waals surface area contributed by atoms with E-state index in [1.165, 1.54) is 17.0 Å². The van der Waals surface area contributed by atoms with E-state index in [0.29, 0.717) is 12.1 Å². The molecule has 8 nitrogen and oxygen atoms in total. The molecule has 0 aliphatic heterocycles. The summed E-state index contributed by atoms with van der Waals surface area (Å²) in [7, 11) is 0. The van der Waals surface area contributed by atoms with Gasteiger partial charge in [0.2, 0.25) is 11.8 Å². The van der Waals surface area contributed by atoms with Crippen molar-refractivity contribution >= 4 is 17.9 Å². The van der Waals surface area contributed by atoms with Gasteiger partial charge in [0.1, 0.15) is 23.4 Å². The molecule has 2 atom stereocenters. The highest BCUT2D eigenvalue weighted by atomic mass is 16.6. The first-order chi connectivity index (χ1) is 18.9. The van der Waals surface area contributed by atoms with Crippen LogP contribution >= 0.6 is 0 Å². The van der Waals surface area contributed by atoms with Gasteiger partial charge >= 0.3 is 6.09 Å². The van der Waals surface area contributed by atoms with Gasteiger partial charge in [0.05, 0.1) is 0 Å². The van der Waals surface area contributed by atoms with Crippen molar-refractivity contribution in [3.63, 3.8) is 0 Å². The Morgan fingerprint density at radius 3 is 2.33 bits per heavy atom. The zero-order valence-electron chi connectivity index (χ0n) is 24.8. The number of unbranched alkanes of at least 4 members (excludes halogenated alkanes) is 2. The topological polar surface area (TPSA) is 108 Å². The number of carbonyl (C=O) groups is 3. The van der Waals surface area contributed by atoms with E-state index in [2.05, 4.69) is 24.1 Å². The number of rotatable bonds is 13.